The smallest absolute Gasteiger partial charge is 0.129 e. The van der Waals surface area contributed by atoms with Crippen molar-refractivity contribution in [3.05, 3.63) is 34.6 Å². The Morgan fingerprint density at radius 1 is 1.53 bits per heavy atom. The third kappa shape index (κ3) is 2.96. The van der Waals surface area contributed by atoms with Gasteiger partial charge in [0.05, 0.1) is 6.61 Å². The zero-order valence-corrected chi connectivity index (χ0v) is 10.3. The van der Waals surface area contributed by atoms with Gasteiger partial charge in [-0.25, -0.2) is 4.39 Å². The van der Waals surface area contributed by atoms with Crippen LogP contribution in [0.5, 0.6) is 0 Å². The quantitative estimate of drug-likeness (QED) is 0.857. The van der Waals surface area contributed by atoms with Crippen molar-refractivity contribution >= 4 is 11.6 Å². The molecule has 17 heavy (non-hydrogen) atoms. The van der Waals surface area contributed by atoms with Gasteiger partial charge in [-0.3, -0.25) is 4.90 Å². The zero-order valence-electron chi connectivity index (χ0n) is 9.50. The molecule has 0 aliphatic carbocycles. The van der Waals surface area contributed by atoms with Crippen LogP contribution in [0.15, 0.2) is 18.2 Å². The lowest BCUT2D eigenvalue weighted by Gasteiger charge is -2.35. The molecule has 0 amide bonds. The van der Waals surface area contributed by atoms with Gasteiger partial charge in [-0.2, -0.15) is 0 Å². The molecule has 3 nitrogen and oxygen atoms in total. The second-order valence-corrected chi connectivity index (χ2v) is 4.62. The minimum Gasteiger partial charge on any atom is -0.395 e. The molecular formula is C12H16ClFN2O. The number of rotatable bonds is 3. The van der Waals surface area contributed by atoms with Gasteiger partial charge >= 0.3 is 0 Å². The summed E-state index contributed by atoms with van der Waals surface area (Å²) in [7, 11) is 0. The molecule has 1 atom stereocenters. The summed E-state index contributed by atoms with van der Waals surface area (Å²) in [6.45, 7) is 2.87. The fourth-order valence-corrected chi connectivity index (χ4v) is 2.30. The first-order valence-corrected chi connectivity index (χ1v) is 6.08. The largest absolute Gasteiger partial charge is 0.395 e. The molecule has 94 valence electrons. The van der Waals surface area contributed by atoms with E-state index in [0.29, 0.717) is 17.1 Å². The van der Waals surface area contributed by atoms with E-state index in [1.54, 1.807) is 12.1 Å². The molecule has 2 N–H and O–H groups in total. The van der Waals surface area contributed by atoms with Gasteiger partial charge in [-0.05, 0) is 12.1 Å². The Bertz CT molecular complexity index is 369. The maximum absolute atomic E-state index is 13.6. The minimum atomic E-state index is -0.285. The average molecular weight is 259 g/mol. The number of hydrogen-bond acceptors (Lipinski definition) is 3. The van der Waals surface area contributed by atoms with E-state index in [9.17, 15) is 9.50 Å². The number of aliphatic hydroxyl groups is 1. The van der Waals surface area contributed by atoms with Crippen LogP contribution in [0.1, 0.15) is 5.56 Å². The summed E-state index contributed by atoms with van der Waals surface area (Å²) in [6, 6.07) is 4.73. The van der Waals surface area contributed by atoms with Gasteiger partial charge in [-0.1, -0.05) is 17.7 Å². The second kappa shape index (κ2) is 5.78. The summed E-state index contributed by atoms with van der Waals surface area (Å²) in [4.78, 5) is 2.06. The van der Waals surface area contributed by atoms with Gasteiger partial charge in [0.25, 0.3) is 0 Å². The van der Waals surface area contributed by atoms with Crippen molar-refractivity contribution in [2.24, 2.45) is 0 Å². The molecule has 0 aromatic heterocycles. The minimum absolute atomic E-state index is 0.0272. The number of halogens is 2. The summed E-state index contributed by atoms with van der Waals surface area (Å²) in [5.41, 5.74) is 0.509. The van der Waals surface area contributed by atoms with Crippen LogP contribution in [-0.4, -0.2) is 42.3 Å². The normalized spacial score (nSPS) is 21.7. The van der Waals surface area contributed by atoms with Gasteiger partial charge in [0.2, 0.25) is 0 Å². The highest BCUT2D eigenvalue weighted by molar-refractivity contribution is 6.31. The van der Waals surface area contributed by atoms with Crippen LogP contribution in [0.3, 0.4) is 0 Å². The predicted octanol–water partition coefficient (Wildman–Crippen LogP) is 1.25. The Morgan fingerprint density at radius 3 is 3.06 bits per heavy atom. The van der Waals surface area contributed by atoms with Crippen molar-refractivity contribution in [2.45, 2.75) is 12.6 Å². The fourth-order valence-electron chi connectivity index (χ4n) is 2.08. The molecule has 1 aromatic carbocycles. The van der Waals surface area contributed by atoms with Gasteiger partial charge in [0, 0.05) is 42.8 Å². The third-order valence-corrected chi connectivity index (χ3v) is 3.46. The lowest BCUT2D eigenvalue weighted by atomic mass is 10.1. The van der Waals surface area contributed by atoms with Crippen LogP contribution < -0.4 is 5.32 Å². The summed E-state index contributed by atoms with van der Waals surface area (Å²) < 4.78 is 13.6. The number of aliphatic hydroxyl groups excluding tert-OH is 1. The van der Waals surface area contributed by atoms with E-state index < -0.39 is 0 Å². The van der Waals surface area contributed by atoms with Crippen LogP contribution in [0, 0.1) is 5.82 Å². The van der Waals surface area contributed by atoms with Crippen molar-refractivity contribution in [1.82, 2.24) is 10.2 Å². The van der Waals surface area contributed by atoms with E-state index in [4.69, 9.17) is 11.6 Å². The van der Waals surface area contributed by atoms with E-state index >= 15 is 0 Å². The molecular weight excluding hydrogens is 243 g/mol. The molecule has 0 spiro atoms. The molecule has 0 radical (unpaired) electrons. The van der Waals surface area contributed by atoms with Crippen LogP contribution >= 0.6 is 11.6 Å². The maximum atomic E-state index is 13.6. The first-order chi connectivity index (χ1) is 8.22. The highest BCUT2D eigenvalue weighted by Crippen LogP contribution is 2.21. The second-order valence-electron chi connectivity index (χ2n) is 4.21. The number of benzene rings is 1. The van der Waals surface area contributed by atoms with Crippen LogP contribution in [0.2, 0.25) is 5.02 Å². The predicted molar refractivity (Wildman–Crippen MR) is 65.6 cm³/mol. The molecule has 2 rings (SSSR count). The van der Waals surface area contributed by atoms with Gasteiger partial charge in [0.15, 0.2) is 0 Å². The summed E-state index contributed by atoms with van der Waals surface area (Å²) in [5.74, 6) is -0.285. The van der Waals surface area contributed by atoms with Crippen molar-refractivity contribution in [3.63, 3.8) is 0 Å². The zero-order chi connectivity index (χ0) is 12.3. The SMILES string of the molecule is OCC1CNCCN1Cc1c(F)cccc1Cl. The fraction of sp³-hybridized carbons (Fsp3) is 0.500. The van der Waals surface area contributed by atoms with Crippen molar-refractivity contribution in [2.75, 3.05) is 26.2 Å². The van der Waals surface area contributed by atoms with Gasteiger partial charge in [0.1, 0.15) is 5.82 Å². The first-order valence-electron chi connectivity index (χ1n) is 5.71. The lowest BCUT2D eigenvalue weighted by Crippen LogP contribution is -2.52. The Labute approximate surface area is 105 Å². The van der Waals surface area contributed by atoms with E-state index in [1.165, 1.54) is 6.07 Å². The molecule has 1 saturated heterocycles. The van der Waals surface area contributed by atoms with E-state index in [-0.39, 0.29) is 18.5 Å². The molecule has 1 heterocycles. The summed E-state index contributed by atoms with van der Waals surface area (Å²) in [5, 5.41) is 12.9. The first kappa shape index (κ1) is 12.8. The highest BCUT2D eigenvalue weighted by atomic mass is 35.5. The van der Waals surface area contributed by atoms with Crippen LogP contribution in [-0.2, 0) is 6.54 Å². The van der Waals surface area contributed by atoms with Crippen molar-refractivity contribution in [3.8, 4) is 0 Å². The number of piperazine rings is 1. The molecule has 1 aliphatic heterocycles. The van der Waals surface area contributed by atoms with Gasteiger partial charge in [-0.15, -0.1) is 0 Å². The van der Waals surface area contributed by atoms with Crippen molar-refractivity contribution in [1.29, 1.82) is 0 Å². The Kier molecular flexibility index (Phi) is 4.34. The number of nitrogens with one attached hydrogen (secondary N) is 1. The van der Waals surface area contributed by atoms with Gasteiger partial charge < -0.3 is 10.4 Å². The highest BCUT2D eigenvalue weighted by Gasteiger charge is 2.23. The van der Waals surface area contributed by atoms with Crippen LogP contribution in [0.25, 0.3) is 0 Å². The van der Waals surface area contributed by atoms with Crippen molar-refractivity contribution < 1.29 is 9.50 Å². The monoisotopic (exact) mass is 258 g/mol. The Balaban J connectivity index is 2.13. The molecule has 1 aliphatic rings. The molecule has 1 aromatic rings. The number of nitrogens with zero attached hydrogens (tertiary/aromatic N) is 1. The summed E-state index contributed by atoms with van der Waals surface area (Å²) >= 11 is 5.99. The third-order valence-electron chi connectivity index (χ3n) is 3.11. The maximum Gasteiger partial charge on any atom is 0.129 e. The lowest BCUT2D eigenvalue weighted by molar-refractivity contribution is 0.0936. The van der Waals surface area contributed by atoms with E-state index in [0.717, 1.165) is 19.6 Å². The van der Waals surface area contributed by atoms with Crippen LogP contribution in [0.4, 0.5) is 4.39 Å². The van der Waals surface area contributed by atoms with E-state index in [2.05, 4.69) is 10.2 Å². The molecule has 1 fully saturated rings. The Hall–Kier alpha value is -0.680. The number of hydrogen-bond donors (Lipinski definition) is 2. The Morgan fingerprint density at radius 2 is 2.35 bits per heavy atom. The average Bonchev–Trinajstić information content (AvgIpc) is 2.34. The topological polar surface area (TPSA) is 35.5 Å². The molecule has 0 saturated carbocycles. The summed E-state index contributed by atoms with van der Waals surface area (Å²) in [6.07, 6.45) is 0. The molecule has 5 heteroatoms. The molecule has 1 unspecified atom stereocenters. The molecule has 0 bridgehead atoms. The van der Waals surface area contributed by atoms with E-state index in [1.807, 2.05) is 0 Å². The standard InChI is InChI=1S/C12H16ClFN2O/c13-11-2-1-3-12(14)10(11)7-16-5-4-15-6-9(16)8-17/h1-3,9,15,17H,4-8H2.